The van der Waals surface area contributed by atoms with E-state index < -0.39 is 18.1 Å². The lowest BCUT2D eigenvalue weighted by Crippen LogP contribution is -2.48. The van der Waals surface area contributed by atoms with Crippen molar-refractivity contribution in [2.24, 2.45) is 23.3 Å². The van der Waals surface area contributed by atoms with Crippen LogP contribution in [0.1, 0.15) is 57.9 Å². The Morgan fingerprint density at radius 1 is 1.12 bits per heavy atom. The number of nitrogens with one attached hydrogen (secondary N) is 4. The van der Waals surface area contributed by atoms with Crippen molar-refractivity contribution in [3.05, 3.63) is 29.8 Å². The second-order valence-electron chi connectivity index (χ2n) is 11.0. The second-order valence-corrected chi connectivity index (χ2v) is 11.0. The Bertz CT molecular complexity index is 1030. The summed E-state index contributed by atoms with van der Waals surface area (Å²) in [4.78, 5) is 62.7. The minimum absolute atomic E-state index is 0.0525. The summed E-state index contributed by atoms with van der Waals surface area (Å²) in [5, 5.41) is 11.4. The highest BCUT2D eigenvalue weighted by Gasteiger charge is 2.26. The zero-order valence-corrected chi connectivity index (χ0v) is 25.4. The molecule has 1 heterocycles. The summed E-state index contributed by atoms with van der Waals surface area (Å²) in [5.74, 6) is -0.938. The number of hydrogen-bond acceptors (Lipinski definition) is 9. The molecule has 4 amide bonds. The van der Waals surface area contributed by atoms with Crippen molar-refractivity contribution < 1.29 is 28.7 Å². The van der Waals surface area contributed by atoms with E-state index in [1.54, 1.807) is 19.1 Å². The lowest BCUT2D eigenvalue weighted by molar-refractivity contribution is -0.149. The number of nitrogens with two attached hydrogens (primary N) is 2. The van der Waals surface area contributed by atoms with Crippen LogP contribution in [0.2, 0.25) is 0 Å². The third-order valence-corrected chi connectivity index (χ3v) is 7.60. The molecule has 3 atom stereocenters. The quantitative estimate of drug-likeness (QED) is 0.0754. The number of ether oxygens (including phenoxy) is 1. The van der Waals surface area contributed by atoms with Crippen LogP contribution in [0.15, 0.2) is 24.3 Å². The van der Waals surface area contributed by atoms with Crippen LogP contribution in [0, 0.1) is 11.8 Å². The highest BCUT2D eigenvalue weighted by molar-refractivity contribution is 5.94. The van der Waals surface area contributed by atoms with Gasteiger partial charge in [-0.15, -0.1) is 0 Å². The normalized spacial score (nSPS) is 16.0. The molecule has 13 nitrogen and oxygen atoms in total. The van der Waals surface area contributed by atoms with Crippen LogP contribution in [-0.4, -0.2) is 86.4 Å². The Kier molecular flexibility index (Phi) is 16.2. The Labute approximate surface area is 254 Å². The first-order chi connectivity index (χ1) is 20.7. The number of likely N-dealkylation sites (tertiary alicyclic amines) is 1. The summed E-state index contributed by atoms with van der Waals surface area (Å²) in [6.45, 7) is 7.35. The maximum atomic E-state index is 13.1. The van der Waals surface area contributed by atoms with Crippen molar-refractivity contribution in [1.82, 2.24) is 20.9 Å². The van der Waals surface area contributed by atoms with E-state index in [1.165, 1.54) is 0 Å². The minimum atomic E-state index is -0.718. The molecule has 1 aromatic rings. The van der Waals surface area contributed by atoms with Crippen LogP contribution in [0.4, 0.5) is 10.5 Å². The third-order valence-electron chi connectivity index (χ3n) is 7.60. The molecule has 2 rings (SSSR count). The van der Waals surface area contributed by atoms with E-state index in [2.05, 4.69) is 26.2 Å². The number of carbonyl (C=O) groups excluding carboxylic acids is 5. The molecule has 1 unspecified atom stereocenters. The van der Waals surface area contributed by atoms with E-state index in [1.807, 2.05) is 19.1 Å². The van der Waals surface area contributed by atoms with Gasteiger partial charge in [0, 0.05) is 31.7 Å². The Hall–Kier alpha value is -3.55. The number of hydrogen-bond donors (Lipinski definition) is 6. The molecule has 0 aliphatic carbocycles. The summed E-state index contributed by atoms with van der Waals surface area (Å²) >= 11 is 0. The van der Waals surface area contributed by atoms with Crippen molar-refractivity contribution in [3.63, 3.8) is 0 Å². The van der Waals surface area contributed by atoms with E-state index >= 15 is 0 Å². The van der Waals surface area contributed by atoms with Crippen molar-refractivity contribution in [2.75, 3.05) is 44.6 Å². The largest absolute Gasteiger partial charge is 0.466 e. The number of primary amides is 1. The van der Waals surface area contributed by atoms with Gasteiger partial charge in [0.1, 0.15) is 6.29 Å². The molecule has 1 aromatic carbocycles. The van der Waals surface area contributed by atoms with Gasteiger partial charge >= 0.3 is 12.0 Å². The van der Waals surface area contributed by atoms with Gasteiger partial charge in [-0.1, -0.05) is 19.1 Å². The van der Waals surface area contributed by atoms with E-state index in [9.17, 15) is 24.0 Å². The maximum Gasteiger partial charge on any atom is 0.312 e. The van der Waals surface area contributed by atoms with E-state index in [0.717, 1.165) is 44.3 Å². The standard InChI is InChI=1S/C30H49N7O6/c1-3-43-29(41)23-12-16-37(17-13-23)15-5-7-27(39)36-26(20-38)21(2)19-34-25(6-4-14-33-30(32)42)28(40)35-24-10-8-22(18-31)9-11-24/h8-11,20-21,23,25-26,34H,3-7,12-19,31H2,1-2H3,(H,35,40)(H,36,39)(H3,32,33,42)/t21-,25-,26?/m0/s1. The van der Waals surface area contributed by atoms with Crippen molar-refractivity contribution in [3.8, 4) is 0 Å². The van der Waals surface area contributed by atoms with E-state index in [0.29, 0.717) is 51.2 Å². The van der Waals surface area contributed by atoms with Gasteiger partial charge < -0.3 is 47.2 Å². The molecule has 0 saturated carbocycles. The van der Waals surface area contributed by atoms with E-state index in [-0.39, 0.29) is 36.0 Å². The number of benzene rings is 1. The number of anilines is 1. The first-order valence-corrected chi connectivity index (χ1v) is 15.2. The minimum Gasteiger partial charge on any atom is -0.466 e. The number of aldehydes is 1. The number of nitrogens with zero attached hydrogens (tertiary/aromatic N) is 1. The average Bonchev–Trinajstić information content (AvgIpc) is 3.00. The molecule has 1 saturated heterocycles. The SMILES string of the molecule is CCOC(=O)C1CCN(CCCC(=O)NC(C=O)[C@@H](C)CN[C@@H](CCCNC(N)=O)C(=O)Nc2ccc(CN)cc2)CC1. The fraction of sp³-hybridized carbons (Fsp3) is 0.633. The maximum absolute atomic E-state index is 13.1. The van der Waals surface area contributed by atoms with Crippen molar-refractivity contribution >= 4 is 35.8 Å². The Morgan fingerprint density at radius 2 is 1.81 bits per heavy atom. The summed E-state index contributed by atoms with van der Waals surface area (Å²) in [5.41, 5.74) is 12.3. The average molecular weight is 604 g/mol. The number of carbonyl (C=O) groups is 5. The highest BCUT2D eigenvalue weighted by Crippen LogP contribution is 2.19. The van der Waals surface area contributed by atoms with Gasteiger partial charge in [-0.25, -0.2) is 4.79 Å². The molecule has 0 aromatic heterocycles. The molecule has 0 radical (unpaired) electrons. The number of rotatable bonds is 19. The van der Waals surface area contributed by atoms with Gasteiger partial charge in [0.2, 0.25) is 11.8 Å². The molecule has 1 aliphatic rings. The molecule has 1 aliphatic heterocycles. The Balaban J connectivity index is 1.81. The van der Waals surface area contributed by atoms with Crippen LogP contribution in [0.5, 0.6) is 0 Å². The van der Waals surface area contributed by atoms with Gasteiger partial charge in [-0.3, -0.25) is 14.4 Å². The van der Waals surface area contributed by atoms with Gasteiger partial charge in [0.15, 0.2) is 0 Å². The second kappa shape index (κ2) is 19.6. The molecule has 13 heteroatoms. The summed E-state index contributed by atoms with van der Waals surface area (Å²) in [6, 6.07) is 5.26. The zero-order chi connectivity index (χ0) is 31.6. The molecular weight excluding hydrogens is 554 g/mol. The molecule has 0 spiro atoms. The number of urea groups is 1. The van der Waals surface area contributed by atoms with Crippen LogP contribution in [-0.2, 0) is 30.5 Å². The molecular formula is C30H49N7O6. The third kappa shape index (κ3) is 13.5. The van der Waals surface area contributed by atoms with Crippen LogP contribution in [0.25, 0.3) is 0 Å². The van der Waals surface area contributed by atoms with Crippen LogP contribution in [0.3, 0.4) is 0 Å². The predicted octanol–water partition coefficient (Wildman–Crippen LogP) is 0.866. The van der Waals surface area contributed by atoms with Crippen molar-refractivity contribution in [2.45, 2.75) is 71.0 Å². The predicted molar refractivity (Wildman–Crippen MR) is 164 cm³/mol. The topological polar surface area (TPSA) is 198 Å². The van der Waals surface area contributed by atoms with E-state index in [4.69, 9.17) is 16.2 Å². The lowest BCUT2D eigenvalue weighted by Gasteiger charge is -2.30. The molecule has 8 N–H and O–H groups in total. The fourth-order valence-corrected chi connectivity index (χ4v) is 4.94. The van der Waals surface area contributed by atoms with Gasteiger partial charge in [-0.05, 0) is 82.3 Å². The van der Waals surface area contributed by atoms with Crippen molar-refractivity contribution in [1.29, 1.82) is 0 Å². The molecule has 1 fully saturated rings. The number of esters is 1. The highest BCUT2D eigenvalue weighted by atomic mass is 16.5. The Morgan fingerprint density at radius 3 is 2.42 bits per heavy atom. The molecule has 0 bridgehead atoms. The number of piperidine rings is 1. The van der Waals surface area contributed by atoms with Gasteiger partial charge in [0.25, 0.3) is 0 Å². The lowest BCUT2D eigenvalue weighted by atomic mass is 9.97. The van der Waals surface area contributed by atoms with Gasteiger partial charge in [0.05, 0.1) is 24.6 Å². The fourth-order valence-electron chi connectivity index (χ4n) is 4.94. The first kappa shape index (κ1) is 35.6. The summed E-state index contributed by atoms with van der Waals surface area (Å²) in [6.07, 6.45) is 4.06. The molecule has 240 valence electrons. The monoisotopic (exact) mass is 603 g/mol. The summed E-state index contributed by atoms with van der Waals surface area (Å²) < 4.78 is 5.11. The summed E-state index contributed by atoms with van der Waals surface area (Å²) in [7, 11) is 0. The van der Waals surface area contributed by atoms with Crippen LogP contribution >= 0.6 is 0 Å². The van der Waals surface area contributed by atoms with Gasteiger partial charge in [-0.2, -0.15) is 0 Å². The smallest absolute Gasteiger partial charge is 0.312 e. The molecule has 43 heavy (non-hydrogen) atoms. The zero-order valence-electron chi connectivity index (χ0n) is 25.4. The first-order valence-electron chi connectivity index (χ1n) is 15.2. The van der Waals surface area contributed by atoms with Crippen LogP contribution < -0.4 is 32.7 Å². The number of amides is 4.